The lowest BCUT2D eigenvalue weighted by molar-refractivity contribution is 0.764. The molecule has 2 nitrogen and oxygen atoms in total. The minimum Gasteiger partial charge on any atom is -0.379 e. The zero-order valence-electron chi connectivity index (χ0n) is 6.56. The number of hydrogen-bond donors (Lipinski definition) is 1. The van der Waals surface area contributed by atoms with Gasteiger partial charge in [-0.15, -0.1) is 0 Å². The molecule has 2 heterocycles. The van der Waals surface area contributed by atoms with Crippen molar-refractivity contribution in [2.75, 3.05) is 5.75 Å². The Hall–Kier alpha value is -0.480. The van der Waals surface area contributed by atoms with Crippen LogP contribution in [0.25, 0.3) is 0 Å². The Morgan fingerprint density at radius 3 is 3.17 bits per heavy atom. The lowest BCUT2D eigenvalue weighted by Gasteiger charge is -2.01. The number of nitrogens with zero attached hydrogens (tertiary/aromatic N) is 1. The van der Waals surface area contributed by atoms with Crippen molar-refractivity contribution < 1.29 is 0 Å². The van der Waals surface area contributed by atoms with Crippen LogP contribution < -0.4 is 5.73 Å². The molecule has 0 bridgehead atoms. The Morgan fingerprint density at radius 1 is 1.67 bits per heavy atom. The zero-order valence-corrected chi connectivity index (χ0v) is 8.20. The Labute approximate surface area is 79.9 Å². The van der Waals surface area contributed by atoms with E-state index < -0.39 is 0 Å². The second-order valence-electron chi connectivity index (χ2n) is 2.77. The minimum absolute atomic E-state index is 0.407. The van der Waals surface area contributed by atoms with E-state index >= 15 is 0 Å². The lowest BCUT2D eigenvalue weighted by atomic mass is 10.1. The summed E-state index contributed by atoms with van der Waals surface area (Å²) >= 11 is 3.40. The van der Waals surface area contributed by atoms with Crippen LogP contribution >= 0.6 is 23.1 Å². The van der Waals surface area contributed by atoms with Gasteiger partial charge in [0, 0.05) is 5.75 Å². The fourth-order valence-electron chi connectivity index (χ4n) is 1.22. The molecule has 12 heavy (non-hydrogen) atoms. The highest BCUT2D eigenvalue weighted by Gasteiger charge is 2.16. The molecule has 0 amide bonds. The van der Waals surface area contributed by atoms with Gasteiger partial charge in [-0.2, -0.15) is 11.3 Å². The molecule has 0 aromatic carbocycles. The summed E-state index contributed by atoms with van der Waals surface area (Å²) in [7, 11) is 0. The van der Waals surface area contributed by atoms with Crippen LogP contribution in [0.2, 0.25) is 0 Å². The fraction of sp³-hybridized carbons (Fsp3) is 0.375. The summed E-state index contributed by atoms with van der Waals surface area (Å²) in [6.45, 7) is 0. The maximum Gasteiger partial charge on any atom is 0.154 e. The molecule has 0 fully saturated rings. The zero-order chi connectivity index (χ0) is 8.39. The third-order valence-electron chi connectivity index (χ3n) is 1.78. The molecule has 0 radical (unpaired) electrons. The largest absolute Gasteiger partial charge is 0.379 e. The summed E-state index contributed by atoms with van der Waals surface area (Å²) < 4.78 is 0. The van der Waals surface area contributed by atoms with Crippen molar-refractivity contribution in [2.24, 2.45) is 10.7 Å². The maximum atomic E-state index is 5.57. The molecular weight excluding hydrogens is 188 g/mol. The second-order valence-corrected chi connectivity index (χ2v) is 4.59. The number of thiophene rings is 1. The quantitative estimate of drug-likeness (QED) is 0.786. The van der Waals surface area contributed by atoms with Crippen LogP contribution in [0.4, 0.5) is 0 Å². The predicted octanol–water partition coefficient (Wildman–Crippen LogP) is 1.72. The maximum absolute atomic E-state index is 5.57. The van der Waals surface area contributed by atoms with Gasteiger partial charge in [0.15, 0.2) is 5.17 Å². The molecule has 2 N–H and O–H groups in total. The molecule has 0 aliphatic carbocycles. The molecule has 1 aromatic rings. The highest BCUT2D eigenvalue weighted by molar-refractivity contribution is 8.14. The smallest absolute Gasteiger partial charge is 0.154 e. The van der Waals surface area contributed by atoms with Gasteiger partial charge in [-0.1, -0.05) is 11.8 Å². The van der Waals surface area contributed by atoms with E-state index in [1.165, 1.54) is 5.56 Å². The standard InChI is InChI=1S/C8H10N2S2/c9-8-10-7(5-12-8)3-6-1-2-11-4-6/h1-2,4,7H,3,5H2,(H2,9,10). The van der Waals surface area contributed by atoms with Crippen molar-refractivity contribution in [1.82, 2.24) is 0 Å². The second kappa shape index (κ2) is 3.49. The lowest BCUT2D eigenvalue weighted by Crippen LogP contribution is -2.07. The molecule has 1 aliphatic heterocycles. The van der Waals surface area contributed by atoms with Crippen molar-refractivity contribution >= 4 is 28.3 Å². The van der Waals surface area contributed by atoms with Gasteiger partial charge in [0.2, 0.25) is 0 Å². The first-order valence-electron chi connectivity index (χ1n) is 3.82. The summed E-state index contributed by atoms with van der Waals surface area (Å²) in [5, 5.41) is 5.02. The van der Waals surface area contributed by atoms with Crippen LogP contribution in [0.3, 0.4) is 0 Å². The Morgan fingerprint density at radius 2 is 2.58 bits per heavy atom. The first-order valence-corrected chi connectivity index (χ1v) is 5.74. The summed E-state index contributed by atoms with van der Waals surface area (Å²) in [6.07, 6.45) is 1.04. The summed E-state index contributed by atoms with van der Waals surface area (Å²) in [5.74, 6) is 1.04. The number of rotatable bonds is 2. The van der Waals surface area contributed by atoms with Gasteiger partial charge in [-0.25, -0.2) is 0 Å². The molecule has 1 aliphatic rings. The number of nitrogens with two attached hydrogens (primary N) is 1. The normalized spacial score (nSPS) is 22.7. The van der Waals surface area contributed by atoms with E-state index in [0.717, 1.165) is 17.3 Å². The molecule has 1 unspecified atom stereocenters. The van der Waals surface area contributed by atoms with Gasteiger partial charge in [0.1, 0.15) is 0 Å². The average molecular weight is 198 g/mol. The van der Waals surface area contributed by atoms with E-state index in [2.05, 4.69) is 21.8 Å². The van der Waals surface area contributed by atoms with E-state index in [9.17, 15) is 0 Å². The van der Waals surface area contributed by atoms with Gasteiger partial charge in [0.25, 0.3) is 0 Å². The van der Waals surface area contributed by atoms with Crippen molar-refractivity contribution in [3.8, 4) is 0 Å². The predicted molar refractivity (Wildman–Crippen MR) is 55.9 cm³/mol. The number of hydrogen-bond acceptors (Lipinski definition) is 4. The highest BCUT2D eigenvalue weighted by atomic mass is 32.2. The van der Waals surface area contributed by atoms with Gasteiger partial charge in [-0.05, 0) is 28.8 Å². The minimum atomic E-state index is 0.407. The first kappa shape index (κ1) is 8.13. The van der Waals surface area contributed by atoms with Crippen LogP contribution in [0, 0.1) is 0 Å². The third-order valence-corrected chi connectivity index (χ3v) is 3.47. The molecule has 64 valence electrons. The fourth-order valence-corrected chi connectivity index (χ4v) is 2.68. The Kier molecular flexibility index (Phi) is 2.37. The molecule has 1 aromatic heterocycles. The SMILES string of the molecule is NC1=NC(Cc2ccsc2)CS1. The molecule has 0 saturated heterocycles. The van der Waals surface area contributed by atoms with Crippen LogP contribution in [-0.4, -0.2) is 17.0 Å². The molecule has 2 rings (SSSR count). The number of amidine groups is 1. The molecular formula is C8H10N2S2. The topological polar surface area (TPSA) is 38.4 Å². The summed E-state index contributed by atoms with van der Waals surface area (Å²) in [6, 6.07) is 2.56. The van der Waals surface area contributed by atoms with Crippen LogP contribution in [0.5, 0.6) is 0 Å². The van der Waals surface area contributed by atoms with Crippen LogP contribution in [0.1, 0.15) is 5.56 Å². The van der Waals surface area contributed by atoms with Crippen molar-refractivity contribution in [2.45, 2.75) is 12.5 Å². The van der Waals surface area contributed by atoms with Gasteiger partial charge >= 0.3 is 0 Å². The molecule has 4 heteroatoms. The van der Waals surface area contributed by atoms with E-state index in [1.54, 1.807) is 23.1 Å². The molecule has 0 spiro atoms. The summed E-state index contributed by atoms with van der Waals surface area (Å²) in [5.41, 5.74) is 6.95. The molecule has 1 atom stereocenters. The van der Waals surface area contributed by atoms with Gasteiger partial charge < -0.3 is 5.73 Å². The number of thioether (sulfide) groups is 1. The van der Waals surface area contributed by atoms with Crippen molar-refractivity contribution in [1.29, 1.82) is 0 Å². The third kappa shape index (κ3) is 1.81. The van der Waals surface area contributed by atoms with E-state index in [-0.39, 0.29) is 0 Å². The van der Waals surface area contributed by atoms with E-state index in [1.807, 2.05) is 0 Å². The van der Waals surface area contributed by atoms with E-state index in [4.69, 9.17) is 5.73 Å². The van der Waals surface area contributed by atoms with Crippen LogP contribution in [-0.2, 0) is 6.42 Å². The molecule has 0 saturated carbocycles. The highest BCUT2D eigenvalue weighted by Crippen LogP contribution is 2.19. The van der Waals surface area contributed by atoms with E-state index in [0.29, 0.717) is 6.04 Å². The number of aliphatic imine (C=N–C) groups is 1. The average Bonchev–Trinajstić information content (AvgIpc) is 2.63. The Balaban J connectivity index is 1.97. The Bertz CT molecular complexity index is 279. The van der Waals surface area contributed by atoms with Crippen molar-refractivity contribution in [3.05, 3.63) is 22.4 Å². The monoisotopic (exact) mass is 198 g/mol. The first-order chi connectivity index (χ1) is 5.84. The van der Waals surface area contributed by atoms with Crippen LogP contribution in [0.15, 0.2) is 21.8 Å². The van der Waals surface area contributed by atoms with Gasteiger partial charge in [-0.3, -0.25) is 4.99 Å². The summed E-state index contributed by atoms with van der Waals surface area (Å²) in [4.78, 5) is 4.33. The van der Waals surface area contributed by atoms with Crippen molar-refractivity contribution in [3.63, 3.8) is 0 Å². The van der Waals surface area contributed by atoms with Gasteiger partial charge in [0.05, 0.1) is 6.04 Å².